The van der Waals surface area contributed by atoms with Gasteiger partial charge < -0.3 is 10.0 Å². The van der Waals surface area contributed by atoms with E-state index in [-0.39, 0.29) is 6.54 Å². The van der Waals surface area contributed by atoms with Gasteiger partial charge in [-0.25, -0.2) is 0 Å². The van der Waals surface area contributed by atoms with Gasteiger partial charge in [-0.3, -0.25) is 9.69 Å². The van der Waals surface area contributed by atoms with Crippen LogP contribution in [0.4, 0.5) is 5.69 Å². The maximum Gasteiger partial charge on any atom is 0.317 e. The van der Waals surface area contributed by atoms with Crippen molar-refractivity contribution in [2.75, 3.05) is 37.6 Å². The molecule has 0 radical (unpaired) electrons. The number of anilines is 1. The van der Waals surface area contributed by atoms with Crippen LogP contribution >= 0.6 is 11.6 Å². The molecule has 19 heavy (non-hydrogen) atoms. The fourth-order valence-corrected chi connectivity index (χ4v) is 2.38. The van der Waals surface area contributed by atoms with Gasteiger partial charge in [0.1, 0.15) is 6.07 Å². The number of hydrogen-bond donors (Lipinski definition) is 1. The van der Waals surface area contributed by atoms with Gasteiger partial charge >= 0.3 is 5.97 Å². The van der Waals surface area contributed by atoms with Crippen molar-refractivity contribution < 1.29 is 9.90 Å². The van der Waals surface area contributed by atoms with Gasteiger partial charge in [-0.15, -0.1) is 0 Å². The van der Waals surface area contributed by atoms with Crippen molar-refractivity contribution in [3.63, 3.8) is 0 Å². The fourth-order valence-electron chi connectivity index (χ4n) is 2.21. The Balaban J connectivity index is 2.06. The van der Waals surface area contributed by atoms with Crippen LogP contribution < -0.4 is 4.90 Å². The number of benzene rings is 1. The van der Waals surface area contributed by atoms with Crippen molar-refractivity contribution in [3.8, 4) is 6.07 Å². The Hall–Kier alpha value is -1.77. The van der Waals surface area contributed by atoms with Crippen molar-refractivity contribution in [3.05, 3.63) is 28.8 Å². The highest BCUT2D eigenvalue weighted by Gasteiger charge is 2.20. The minimum Gasteiger partial charge on any atom is -0.480 e. The van der Waals surface area contributed by atoms with E-state index < -0.39 is 5.97 Å². The van der Waals surface area contributed by atoms with Crippen LogP contribution in [0, 0.1) is 11.3 Å². The lowest BCUT2D eigenvalue weighted by molar-refractivity contribution is -0.138. The van der Waals surface area contributed by atoms with E-state index in [1.165, 1.54) is 0 Å². The zero-order chi connectivity index (χ0) is 13.8. The third kappa shape index (κ3) is 3.37. The Labute approximate surface area is 116 Å². The fraction of sp³-hybridized carbons (Fsp3) is 0.385. The van der Waals surface area contributed by atoms with E-state index in [2.05, 4.69) is 11.0 Å². The van der Waals surface area contributed by atoms with E-state index in [1.807, 2.05) is 11.0 Å². The summed E-state index contributed by atoms with van der Waals surface area (Å²) in [6, 6.07) is 7.40. The van der Waals surface area contributed by atoms with Crippen LogP contribution in [0.15, 0.2) is 18.2 Å². The number of carbonyl (C=O) groups is 1. The molecular formula is C13H14ClN3O2. The molecular weight excluding hydrogens is 266 g/mol. The van der Waals surface area contributed by atoms with E-state index in [9.17, 15) is 4.79 Å². The van der Waals surface area contributed by atoms with Gasteiger partial charge in [-0.05, 0) is 18.2 Å². The van der Waals surface area contributed by atoms with Gasteiger partial charge in [0.05, 0.1) is 17.8 Å². The number of nitriles is 1. The number of nitrogens with zero attached hydrogens (tertiary/aromatic N) is 3. The Morgan fingerprint density at radius 3 is 2.63 bits per heavy atom. The Morgan fingerprint density at radius 1 is 1.37 bits per heavy atom. The van der Waals surface area contributed by atoms with Crippen LogP contribution in [-0.4, -0.2) is 48.7 Å². The summed E-state index contributed by atoms with van der Waals surface area (Å²) < 4.78 is 0. The van der Waals surface area contributed by atoms with E-state index in [1.54, 1.807) is 12.1 Å². The lowest BCUT2D eigenvalue weighted by Gasteiger charge is -2.35. The lowest BCUT2D eigenvalue weighted by Crippen LogP contribution is -2.48. The number of piperazine rings is 1. The van der Waals surface area contributed by atoms with Gasteiger partial charge in [0.15, 0.2) is 0 Å². The summed E-state index contributed by atoms with van der Waals surface area (Å²) in [7, 11) is 0. The zero-order valence-corrected chi connectivity index (χ0v) is 11.1. The molecule has 0 bridgehead atoms. The van der Waals surface area contributed by atoms with Crippen LogP contribution in [0.2, 0.25) is 5.02 Å². The second-order valence-electron chi connectivity index (χ2n) is 4.43. The molecule has 0 atom stereocenters. The number of carboxylic acids is 1. The van der Waals surface area contributed by atoms with E-state index in [4.69, 9.17) is 22.0 Å². The van der Waals surface area contributed by atoms with Gasteiger partial charge in [0, 0.05) is 31.2 Å². The highest BCUT2D eigenvalue weighted by atomic mass is 35.5. The molecule has 0 aliphatic carbocycles. The molecule has 0 saturated carbocycles. The van der Waals surface area contributed by atoms with Gasteiger partial charge in [0.2, 0.25) is 0 Å². The SMILES string of the molecule is N#Cc1cc(Cl)ccc1N1CCN(CC(=O)O)CC1. The van der Waals surface area contributed by atoms with Crippen molar-refractivity contribution in [1.82, 2.24) is 4.90 Å². The third-order valence-corrected chi connectivity index (χ3v) is 3.39. The van der Waals surface area contributed by atoms with E-state index >= 15 is 0 Å². The summed E-state index contributed by atoms with van der Waals surface area (Å²) in [5.41, 5.74) is 1.42. The number of aliphatic carboxylic acids is 1. The predicted octanol–water partition coefficient (Wildman–Crippen LogP) is 1.42. The molecule has 2 rings (SSSR count). The normalized spacial score (nSPS) is 16.1. The first-order valence-corrected chi connectivity index (χ1v) is 6.36. The lowest BCUT2D eigenvalue weighted by atomic mass is 10.1. The first-order valence-electron chi connectivity index (χ1n) is 5.99. The molecule has 0 aromatic heterocycles. The molecule has 0 unspecified atom stereocenters. The van der Waals surface area contributed by atoms with Crippen molar-refractivity contribution >= 4 is 23.3 Å². The van der Waals surface area contributed by atoms with Crippen LogP contribution in [-0.2, 0) is 4.79 Å². The molecule has 1 N–H and O–H groups in total. The smallest absolute Gasteiger partial charge is 0.317 e. The van der Waals surface area contributed by atoms with Gasteiger partial charge in [0.25, 0.3) is 0 Å². The molecule has 1 saturated heterocycles. The third-order valence-electron chi connectivity index (χ3n) is 3.15. The molecule has 100 valence electrons. The van der Waals surface area contributed by atoms with Crippen LogP contribution in [0.25, 0.3) is 0 Å². The predicted molar refractivity (Wildman–Crippen MR) is 72.5 cm³/mol. The molecule has 6 heteroatoms. The van der Waals surface area contributed by atoms with Gasteiger partial charge in [-0.2, -0.15) is 5.26 Å². The van der Waals surface area contributed by atoms with Crippen molar-refractivity contribution in [2.45, 2.75) is 0 Å². The van der Waals surface area contributed by atoms with Crippen LogP contribution in [0.5, 0.6) is 0 Å². The largest absolute Gasteiger partial charge is 0.480 e. The average molecular weight is 280 g/mol. The Kier molecular flexibility index (Phi) is 4.25. The first-order chi connectivity index (χ1) is 9.10. The number of halogens is 1. The quantitative estimate of drug-likeness (QED) is 0.906. The summed E-state index contributed by atoms with van der Waals surface area (Å²) in [6.45, 7) is 2.85. The molecule has 0 spiro atoms. The topological polar surface area (TPSA) is 67.6 Å². The molecule has 1 aromatic carbocycles. The molecule has 5 nitrogen and oxygen atoms in total. The molecule has 1 aliphatic rings. The Bertz CT molecular complexity index is 519. The maximum absolute atomic E-state index is 10.6. The second kappa shape index (κ2) is 5.91. The number of hydrogen-bond acceptors (Lipinski definition) is 4. The van der Waals surface area contributed by atoms with Crippen molar-refractivity contribution in [2.24, 2.45) is 0 Å². The minimum absolute atomic E-state index is 0.0690. The van der Waals surface area contributed by atoms with Gasteiger partial charge in [-0.1, -0.05) is 11.6 Å². The molecule has 0 amide bonds. The highest BCUT2D eigenvalue weighted by Crippen LogP contribution is 2.24. The molecule has 1 heterocycles. The Morgan fingerprint density at radius 2 is 2.05 bits per heavy atom. The van der Waals surface area contributed by atoms with Crippen LogP contribution in [0.1, 0.15) is 5.56 Å². The van der Waals surface area contributed by atoms with Crippen LogP contribution in [0.3, 0.4) is 0 Å². The summed E-state index contributed by atoms with van der Waals surface area (Å²) in [4.78, 5) is 14.6. The standard InChI is InChI=1S/C13H14ClN3O2/c14-11-1-2-12(10(7-11)8-15)17-5-3-16(4-6-17)9-13(18)19/h1-2,7H,3-6,9H2,(H,18,19). The molecule has 1 aliphatic heterocycles. The number of carboxylic acid groups (broad SMARTS) is 1. The minimum atomic E-state index is -0.808. The second-order valence-corrected chi connectivity index (χ2v) is 4.87. The average Bonchev–Trinajstić information content (AvgIpc) is 2.39. The summed E-state index contributed by atoms with van der Waals surface area (Å²) in [5, 5.41) is 18.4. The maximum atomic E-state index is 10.6. The van der Waals surface area contributed by atoms with E-state index in [0.29, 0.717) is 36.8 Å². The number of rotatable bonds is 3. The first kappa shape index (κ1) is 13.7. The summed E-state index contributed by atoms with van der Waals surface area (Å²) in [5.74, 6) is -0.808. The van der Waals surface area contributed by atoms with Crippen molar-refractivity contribution in [1.29, 1.82) is 5.26 Å². The monoisotopic (exact) mass is 279 g/mol. The highest BCUT2D eigenvalue weighted by molar-refractivity contribution is 6.30. The van der Waals surface area contributed by atoms with E-state index in [0.717, 1.165) is 5.69 Å². The molecule has 1 fully saturated rings. The zero-order valence-electron chi connectivity index (χ0n) is 10.3. The summed E-state index contributed by atoms with van der Waals surface area (Å²) >= 11 is 5.87. The summed E-state index contributed by atoms with van der Waals surface area (Å²) in [6.07, 6.45) is 0. The molecule has 1 aromatic rings.